The van der Waals surface area contributed by atoms with E-state index in [0.717, 1.165) is 11.4 Å². The van der Waals surface area contributed by atoms with E-state index in [-0.39, 0.29) is 5.54 Å². The van der Waals surface area contributed by atoms with Crippen molar-refractivity contribution in [2.75, 3.05) is 19.0 Å². The van der Waals surface area contributed by atoms with E-state index in [9.17, 15) is 0 Å². The van der Waals surface area contributed by atoms with Crippen molar-refractivity contribution in [2.45, 2.75) is 32.2 Å². The molecule has 1 aromatic heterocycles. The van der Waals surface area contributed by atoms with Gasteiger partial charge in [-0.3, -0.25) is 0 Å². The Bertz CT molecular complexity index is 405. The van der Waals surface area contributed by atoms with Crippen LogP contribution in [0.1, 0.15) is 25.3 Å². The number of nitrogens with one attached hydrogen (secondary N) is 1. The number of methoxy groups -OCH3 is 1. The number of aromatic nitrogens is 2. The number of hydrogen-bond donors (Lipinski definition) is 2. The van der Waals surface area contributed by atoms with Crippen LogP contribution in [0.15, 0.2) is 6.33 Å². The van der Waals surface area contributed by atoms with E-state index < -0.39 is 0 Å². The molecule has 0 amide bonds. The average Bonchev–Trinajstić information content (AvgIpc) is 3.16. The molecule has 0 spiro atoms. The third kappa shape index (κ3) is 2.34. The molecule has 0 bridgehead atoms. The van der Waals surface area contributed by atoms with Crippen LogP contribution in [0.25, 0.3) is 0 Å². The summed E-state index contributed by atoms with van der Waals surface area (Å²) in [6, 6.07) is 0. The van der Waals surface area contributed by atoms with Crippen LogP contribution in [0.2, 0.25) is 0 Å². The third-order valence-corrected chi connectivity index (χ3v) is 3.54. The van der Waals surface area contributed by atoms with Gasteiger partial charge in [0.05, 0.1) is 18.2 Å². The lowest BCUT2D eigenvalue weighted by molar-refractivity contribution is 0.392. The molecule has 3 N–H and O–H groups in total. The van der Waals surface area contributed by atoms with Crippen molar-refractivity contribution in [1.82, 2.24) is 9.97 Å². The minimum absolute atomic E-state index is 0.0792. The standard InChI is InChI=1S/C12H20N4O/c1-8-10(14-7-15-11(8)17-3)16-12(2,6-13)9-4-5-9/h7,9H,4-6,13H2,1-3H3,(H,14,15,16). The molecule has 0 aromatic carbocycles. The Kier molecular flexibility index (Phi) is 3.19. The molecule has 1 aliphatic carbocycles. The molecule has 17 heavy (non-hydrogen) atoms. The molecule has 5 nitrogen and oxygen atoms in total. The smallest absolute Gasteiger partial charge is 0.221 e. The fourth-order valence-corrected chi connectivity index (χ4v) is 2.08. The Balaban J connectivity index is 2.22. The average molecular weight is 236 g/mol. The third-order valence-electron chi connectivity index (χ3n) is 3.54. The van der Waals surface area contributed by atoms with Gasteiger partial charge in [-0.2, -0.15) is 0 Å². The zero-order valence-electron chi connectivity index (χ0n) is 10.7. The van der Waals surface area contributed by atoms with Gasteiger partial charge in [0.1, 0.15) is 12.1 Å². The molecule has 5 heteroatoms. The fraction of sp³-hybridized carbons (Fsp3) is 0.667. The molecule has 0 aliphatic heterocycles. The van der Waals surface area contributed by atoms with Crippen LogP contribution >= 0.6 is 0 Å². The number of anilines is 1. The van der Waals surface area contributed by atoms with Crippen LogP contribution in [0.3, 0.4) is 0 Å². The fourth-order valence-electron chi connectivity index (χ4n) is 2.08. The van der Waals surface area contributed by atoms with Crippen molar-refractivity contribution in [3.63, 3.8) is 0 Å². The highest BCUT2D eigenvalue weighted by molar-refractivity contribution is 5.49. The van der Waals surface area contributed by atoms with E-state index in [1.807, 2.05) is 6.92 Å². The molecule has 1 saturated carbocycles. The van der Waals surface area contributed by atoms with Gasteiger partial charge in [0.2, 0.25) is 5.88 Å². The maximum Gasteiger partial charge on any atom is 0.221 e. The molecule has 94 valence electrons. The Morgan fingerprint density at radius 2 is 2.24 bits per heavy atom. The summed E-state index contributed by atoms with van der Waals surface area (Å²) in [6.45, 7) is 4.70. The Hall–Kier alpha value is -1.36. The number of ether oxygens (including phenoxy) is 1. The zero-order valence-corrected chi connectivity index (χ0v) is 10.7. The largest absolute Gasteiger partial charge is 0.481 e. The van der Waals surface area contributed by atoms with Crippen LogP contribution < -0.4 is 15.8 Å². The summed E-state index contributed by atoms with van der Waals surface area (Å²) in [5.74, 6) is 2.07. The van der Waals surface area contributed by atoms with E-state index in [1.54, 1.807) is 7.11 Å². The van der Waals surface area contributed by atoms with Crippen LogP contribution in [-0.4, -0.2) is 29.2 Å². The number of rotatable bonds is 5. The van der Waals surface area contributed by atoms with Gasteiger partial charge in [0.25, 0.3) is 0 Å². The van der Waals surface area contributed by atoms with Gasteiger partial charge in [-0.25, -0.2) is 9.97 Å². The molecular formula is C12H20N4O. The summed E-state index contributed by atoms with van der Waals surface area (Å²) in [6.07, 6.45) is 3.99. The molecule has 1 unspecified atom stereocenters. The van der Waals surface area contributed by atoms with Gasteiger partial charge < -0.3 is 15.8 Å². The van der Waals surface area contributed by atoms with E-state index in [2.05, 4.69) is 22.2 Å². The molecule has 1 aliphatic rings. The van der Waals surface area contributed by atoms with Crippen molar-refractivity contribution in [3.8, 4) is 5.88 Å². The highest BCUT2D eigenvalue weighted by atomic mass is 16.5. The normalized spacial score (nSPS) is 18.6. The topological polar surface area (TPSA) is 73.1 Å². The van der Waals surface area contributed by atoms with Crippen LogP contribution in [-0.2, 0) is 0 Å². The predicted octanol–water partition coefficient (Wildman–Crippen LogP) is 1.33. The summed E-state index contributed by atoms with van der Waals surface area (Å²) in [5, 5.41) is 3.45. The lowest BCUT2D eigenvalue weighted by Gasteiger charge is -2.30. The predicted molar refractivity (Wildman–Crippen MR) is 67.1 cm³/mol. The second-order valence-electron chi connectivity index (χ2n) is 4.88. The van der Waals surface area contributed by atoms with E-state index in [1.165, 1.54) is 19.2 Å². The number of nitrogens with two attached hydrogens (primary N) is 1. The molecular weight excluding hydrogens is 216 g/mol. The lowest BCUT2D eigenvalue weighted by atomic mass is 9.96. The summed E-state index contributed by atoms with van der Waals surface area (Å²) in [5.41, 5.74) is 6.73. The second kappa shape index (κ2) is 4.49. The van der Waals surface area contributed by atoms with Gasteiger partial charge in [-0.15, -0.1) is 0 Å². The number of nitrogens with zero attached hydrogens (tertiary/aromatic N) is 2. The van der Waals surface area contributed by atoms with Crippen LogP contribution in [0.4, 0.5) is 5.82 Å². The first-order valence-corrected chi connectivity index (χ1v) is 5.94. The van der Waals surface area contributed by atoms with Gasteiger partial charge >= 0.3 is 0 Å². The van der Waals surface area contributed by atoms with E-state index >= 15 is 0 Å². The highest BCUT2D eigenvalue weighted by Crippen LogP contribution is 2.41. The first-order valence-electron chi connectivity index (χ1n) is 5.94. The Morgan fingerprint density at radius 1 is 1.53 bits per heavy atom. The lowest BCUT2D eigenvalue weighted by Crippen LogP contribution is -2.45. The molecule has 1 atom stereocenters. The maximum absolute atomic E-state index is 5.88. The zero-order chi connectivity index (χ0) is 12.5. The van der Waals surface area contributed by atoms with E-state index in [0.29, 0.717) is 18.3 Å². The summed E-state index contributed by atoms with van der Waals surface area (Å²) in [4.78, 5) is 8.34. The molecule has 1 aromatic rings. The van der Waals surface area contributed by atoms with Gasteiger partial charge in [0.15, 0.2) is 0 Å². The van der Waals surface area contributed by atoms with Gasteiger partial charge in [-0.1, -0.05) is 0 Å². The molecule has 0 saturated heterocycles. The summed E-state index contributed by atoms with van der Waals surface area (Å²) in [7, 11) is 1.61. The van der Waals surface area contributed by atoms with Crippen molar-refractivity contribution in [3.05, 3.63) is 11.9 Å². The Morgan fingerprint density at radius 3 is 2.76 bits per heavy atom. The van der Waals surface area contributed by atoms with Gasteiger partial charge in [0, 0.05) is 6.54 Å². The Labute approximate surface area is 102 Å². The van der Waals surface area contributed by atoms with E-state index in [4.69, 9.17) is 10.5 Å². The molecule has 1 fully saturated rings. The quantitative estimate of drug-likeness (QED) is 0.807. The minimum Gasteiger partial charge on any atom is -0.481 e. The molecule has 0 radical (unpaired) electrons. The minimum atomic E-state index is -0.0792. The summed E-state index contributed by atoms with van der Waals surface area (Å²) < 4.78 is 5.19. The maximum atomic E-state index is 5.88. The first-order chi connectivity index (χ1) is 8.10. The van der Waals surface area contributed by atoms with Gasteiger partial charge in [-0.05, 0) is 32.6 Å². The number of hydrogen-bond acceptors (Lipinski definition) is 5. The molecule has 1 heterocycles. The van der Waals surface area contributed by atoms with Crippen molar-refractivity contribution in [2.24, 2.45) is 11.7 Å². The van der Waals surface area contributed by atoms with Crippen LogP contribution in [0, 0.1) is 12.8 Å². The SMILES string of the molecule is COc1ncnc(NC(C)(CN)C2CC2)c1C. The first kappa shape index (κ1) is 12.1. The monoisotopic (exact) mass is 236 g/mol. The second-order valence-corrected chi connectivity index (χ2v) is 4.88. The van der Waals surface area contributed by atoms with Crippen molar-refractivity contribution < 1.29 is 4.74 Å². The molecule has 2 rings (SSSR count). The van der Waals surface area contributed by atoms with Crippen molar-refractivity contribution in [1.29, 1.82) is 0 Å². The summed E-state index contributed by atoms with van der Waals surface area (Å²) >= 11 is 0. The highest BCUT2D eigenvalue weighted by Gasteiger charge is 2.41. The van der Waals surface area contributed by atoms with Crippen LogP contribution in [0.5, 0.6) is 5.88 Å². The van der Waals surface area contributed by atoms with Crippen molar-refractivity contribution >= 4 is 5.82 Å².